The molecule has 1 aromatic heterocycles. The molecule has 0 fully saturated rings. The monoisotopic (exact) mass is 206 g/mol. The molecule has 0 aromatic carbocycles. The summed E-state index contributed by atoms with van der Waals surface area (Å²) in [7, 11) is 0. The Morgan fingerprint density at radius 2 is 2.40 bits per heavy atom. The number of fused-ring (bicyclic) bond motifs is 1. The summed E-state index contributed by atoms with van der Waals surface area (Å²) < 4.78 is 5.22. The molecule has 15 heavy (non-hydrogen) atoms. The quantitative estimate of drug-likeness (QED) is 0.757. The largest absolute Gasteiger partial charge is 0.491 e. The highest BCUT2D eigenvalue weighted by molar-refractivity contribution is 5.50. The SMILES string of the molecule is C=C(OCC)c1nc2c(c(=O)[nH]1)CCC2. The van der Waals surface area contributed by atoms with Gasteiger partial charge in [0.05, 0.1) is 12.3 Å². The zero-order chi connectivity index (χ0) is 10.8. The molecule has 2 rings (SSSR count). The number of nitrogens with zero attached hydrogens (tertiary/aromatic N) is 1. The van der Waals surface area contributed by atoms with Crippen molar-refractivity contribution >= 4 is 5.76 Å². The maximum Gasteiger partial charge on any atom is 0.254 e. The fourth-order valence-electron chi connectivity index (χ4n) is 1.82. The van der Waals surface area contributed by atoms with Crippen LogP contribution in [0.15, 0.2) is 11.4 Å². The van der Waals surface area contributed by atoms with Gasteiger partial charge in [0.2, 0.25) is 0 Å². The van der Waals surface area contributed by atoms with E-state index >= 15 is 0 Å². The van der Waals surface area contributed by atoms with Crippen LogP contribution >= 0.6 is 0 Å². The molecular weight excluding hydrogens is 192 g/mol. The van der Waals surface area contributed by atoms with Crippen LogP contribution in [0.1, 0.15) is 30.4 Å². The van der Waals surface area contributed by atoms with E-state index in [0.717, 1.165) is 30.5 Å². The van der Waals surface area contributed by atoms with Gasteiger partial charge in [-0.1, -0.05) is 6.58 Å². The van der Waals surface area contributed by atoms with Crippen LogP contribution in [0.2, 0.25) is 0 Å². The Balaban J connectivity index is 2.39. The molecule has 1 aliphatic carbocycles. The molecule has 0 unspecified atom stereocenters. The zero-order valence-corrected chi connectivity index (χ0v) is 8.80. The summed E-state index contributed by atoms with van der Waals surface area (Å²) in [5.74, 6) is 0.895. The fraction of sp³-hybridized carbons (Fsp3) is 0.455. The van der Waals surface area contributed by atoms with Crippen LogP contribution in [0, 0.1) is 0 Å². The van der Waals surface area contributed by atoms with Gasteiger partial charge in [-0.3, -0.25) is 4.79 Å². The van der Waals surface area contributed by atoms with E-state index in [1.54, 1.807) is 0 Å². The van der Waals surface area contributed by atoms with Gasteiger partial charge in [0.25, 0.3) is 5.56 Å². The Hall–Kier alpha value is -1.58. The average molecular weight is 206 g/mol. The average Bonchev–Trinajstić information content (AvgIpc) is 2.66. The molecule has 80 valence electrons. The molecule has 0 radical (unpaired) electrons. The van der Waals surface area contributed by atoms with E-state index in [1.807, 2.05) is 6.92 Å². The van der Waals surface area contributed by atoms with Gasteiger partial charge in [0, 0.05) is 5.56 Å². The van der Waals surface area contributed by atoms with Gasteiger partial charge in [0.15, 0.2) is 11.6 Å². The first kappa shape index (κ1) is 9.96. The van der Waals surface area contributed by atoms with E-state index in [1.165, 1.54) is 0 Å². The number of aromatic amines is 1. The van der Waals surface area contributed by atoms with Gasteiger partial charge in [-0.15, -0.1) is 0 Å². The lowest BCUT2D eigenvalue weighted by Crippen LogP contribution is -2.17. The van der Waals surface area contributed by atoms with Gasteiger partial charge in [-0.25, -0.2) is 4.98 Å². The summed E-state index contributed by atoms with van der Waals surface area (Å²) in [6.45, 7) is 6.13. The first-order valence-corrected chi connectivity index (χ1v) is 5.16. The van der Waals surface area contributed by atoms with E-state index in [2.05, 4.69) is 16.5 Å². The van der Waals surface area contributed by atoms with Crippen LogP contribution in [-0.4, -0.2) is 16.6 Å². The smallest absolute Gasteiger partial charge is 0.254 e. The van der Waals surface area contributed by atoms with Crippen LogP contribution in [-0.2, 0) is 17.6 Å². The standard InChI is InChI=1S/C11H14N2O2/c1-3-15-7(2)10-12-9-6-4-5-8(9)11(14)13-10/h2-6H2,1H3,(H,12,13,14). The second kappa shape index (κ2) is 3.88. The molecule has 0 saturated carbocycles. The highest BCUT2D eigenvalue weighted by atomic mass is 16.5. The van der Waals surface area contributed by atoms with Gasteiger partial charge < -0.3 is 9.72 Å². The topological polar surface area (TPSA) is 55.0 Å². The van der Waals surface area contributed by atoms with Gasteiger partial charge in [-0.2, -0.15) is 0 Å². The highest BCUT2D eigenvalue weighted by Gasteiger charge is 2.17. The molecular formula is C11H14N2O2. The summed E-state index contributed by atoms with van der Waals surface area (Å²) >= 11 is 0. The number of hydrogen-bond acceptors (Lipinski definition) is 3. The number of nitrogens with one attached hydrogen (secondary N) is 1. The number of rotatable bonds is 3. The third-order valence-corrected chi connectivity index (χ3v) is 2.52. The van der Waals surface area contributed by atoms with Crippen molar-refractivity contribution in [3.63, 3.8) is 0 Å². The Kier molecular flexibility index (Phi) is 2.58. The molecule has 0 aliphatic heterocycles. The molecule has 4 nitrogen and oxygen atoms in total. The zero-order valence-electron chi connectivity index (χ0n) is 8.80. The summed E-state index contributed by atoms with van der Waals surface area (Å²) in [5.41, 5.74) is 1.67. The predicted octanol–water partition coefficient (Wildman–Crippen LogP) is 1.27. The van der Waals surface area contributed by atoms with E-state index in [-0.39, 0.29) is 5.56 Å². The second-order valence-corrected chi connectivity index (χ2v) is 3.55. The van der Waals surface area contributed by atoms with Crippen molar-refractivity contribution in [2.24, 2.45) is 0 Å². The summed E-state index contributed by atoms with van der Waals surface area (Å²) in [4.78, 5) is 18.7. The Morgan fingerprint density at radius 3 is 3.13 bits per heavy atom. The van der Waals surface area contributed by atoms with Crippen LogP contribution in [0.4, 0.5) is 0 Å². The van der Waals surface area contributed by atoms with Gasteiger partial charge >= 0.3 is 0 Å². The minimum absolute atomic E-state index is 0.0478. The van der Waals surface area contributed by atoms with Crippen LogP contribution in [0.5, 0.6) is 0 Å². The molecule has 1 aromatic rings. The lowest BCUT2D eigenvalue weighted by molar-refractivity contribution is 0.296. The van der Waals surface area contributed by atoms with Crippen molar-refractivity contribution < 1.29 is 4.74 Å². The van der Waals surface area contributed by atoms with Crippen LogP contribution < -0.4 is 5.56 Å². The number of aromatic nitrogens is 2. The molecule has 1 aliphatic rings. The molecule has 0 amide bonds. The first-order valence-electron chi connectivity index (χ1n) is 5.16. The molecule has 0 spiro atoms. The van der Waals surface area contributed by atoms with E-state index in [4.69, 9.17) is 4.74 Å². The Bertz CT molecular complexity index is 448. The summed E-state index contributed by atoms with van der Waals surface area (Å²) in [6, 6.07) is 0. The molecule has 0 saturated heterocycles. The van der Waals surface area contributed by atoms with Crippen molar-refractivity contribution in [2.45, 2.75) is 26.2 Å². The molecule has 0 atom stereocenters. The van der Waals surface area contributed by atoms with Crippen LogP contribution in [0.3, 0.4) is 0 Å². The van der Waals surface area contributed by atoms with E-state index in [0.29, 0.717) is 18.2 Å². The summed E-state index contributed by atoms with van der Waals surface area (Å²) in [6.07, 6.45) is 2.72. The normalized spacial score (nSPS) is 13.7. The number of H-pyrrole nitrogens is 1. The van der Waals surface area contributed by atoms with Crippen molar-refractivity contribution in [1.29, 1.82) is 0 Å². The van der Waals surface area contributed by atoms with Crippen molar-refractivity contribution in [1.82, 2.24) is 9.97 Å². The number of ether oxygens (including phenoxy) is 1. The van der Waals surface area contributed by atoms with Crippen molar-refractivity contribution in [2.75, 3.05) is 6.61 Å². The Labute approximate surface area is 88.0 Å². The lowest BCUT2D eigenvalue weighted by Gasteiger charge is -2.07. The maximum atomic E-state index is 11.6. The third-order valence-electron chi connectivity index (χ3n) is 2.52. The minimum atomic E-state index is -0.0478. The van der Waals surface area contributed by atoms with Crippen molar-refractivity contribution in [3.05, 3.63) is 34.0 Å². The predicted molar refractivity (Wildman–Crippen MR) is 57.5 cm³/mol. The first-order chi connectivity index (χ1) is 7.22. The minimum Gasteiger partial charge on any atom is -0.491 e. The van der Waals surface area contributed by atoms with Crippen LogP contribution in [0.25, 0.3) is 5.76 Å². The molecule has 1 N–H and O–H groups in total. The number of aryl methyl sites for hydroxylation is 1. The lowest BCUT2D eigenvalue weighted by atomic mass is 10.2. The molecule has 4 heteroatoms. The van der Waals surface area contributed by atoms with E-state index < -0.39 is 0 Å². The number of hydrogen-bond donors (Lipinski definition) is 1. The Morgan fingerprint density at radius 1 is 1.60 bits per heavy atom. The second-order valence-electron chi connectivity index (χ2n) is 3.55. The summed E-state index contributed by atoms with van der Waals surface area (Å²) in [5, 5.41) is 0. The van der Waals surface area contributed by atoms with E-state index in [9.17, 15) is 4.79 Å². The van der Waals surface area contributed by atoms with Crippen molar-refractivity contribution in [3.8, 4) is 0 Å². The van der Waals surface area contributed by atoms with Gasteiger partial charge in [-0.05, 0) is 26.2 Å². The fourth-order valence-corrected chi connectivity index (χ4v) is 1.82. The third kappa shape index (κ3) is 1.79. The molecule has 1 heterocycles. The highest BCUT2D eigenvalue weighted by Crippen LogP contribution is 2.17. The maximum absolute atomic E-state index is 11.6. The van der Waals surface area contributed by atoms with Gasteiger partial charge in [0.1, 0.15) is 0 Å². The molecule has 0 bridgehead atoms.